The molecule has 2 aromatic rings. The quantitative estimate of drug-likeness (QED) is 0.780. The highest BCUT2D eigenvalue weighted by molar-refractivity contribution is 7.16. The van der Waals surface area contributed by atoms with Crippen molar-refractivity contribution in [3.8, 4) is 22.1 Å². The number of carbonyl (C=O) groups is 2. The first-order chi connectivity index (χ1) is 13.1. The lowest BCUT2D eigenvalue weighted by atomic mass is 9.95. The van der Waals surface area contributed by atoms with Crippen molar-refractivity contribution in [2.24, 2.45) is 5.92 Å². The van der Waals surface area contributed by atoms with Gasteiger partial charge in [-0.3, -0.25) is 9.59 Å². The molecule has 1 aromatic heterocycles. The minimum absolute atomic E-state index is 0.205. The van der Waals surface area contributed by atoms with Crippen LogP contribution in [0.25, 0.3) is 10.6 Å². The van der Waals surface area contributed by atoms with Gasteiger partial charge in [0.05, 0.1) is 12.1 Å². The summed E-state index contributed by atoms with van der Waals surface area (Å²) in [7, 11) is 0. The second kappa shape index (κ2) is 7.56. The van der Waals surface area contributed by atoms with Crippen molar-refractivity contribution in [1.29, 1.82) is 0 Å². The van der Waals surface area contributed by atoms with E-state index in [4.69, 9.17) is 9.47 Å². The highest BCUT2D eigenvalue weighted by Crippen LogP contribution is 2.37. The maximum atomic E-state index is 12.6. The molecule has 2 N–H and O–H groups in total. The maximum absolute atomic E-state index is 12.6. The van der Waals surface area contributed by atoms with Crippen LogP contribution in [0.4, 0.5) is 0 Å². The summed E-state index contributed by atoms with van der Waals surface area (Å²) in [6.45, 7) is 0.205. The molecule has 27 heavy (non-hydrogen) atoms. The van der Waals surface area contributed by atoms with Crippen LogP contribution in [0.3, 0.4) is 0 Å². The molecule has 142 valence electrons. The normalized spacial score (nSPS) is 21.5. The number of carbonyl (C=O) groups excluding carboxylic acids is 1. The fourth-order valence-corrected chi connectivity index (χ4v) is 4.37. The molecule has 1 fully saturated rings. The monoisotopic (exact) mass is 388 g/mol. The van der Waals surface area contributed by atoms with E-state index in [9.17, 15) is 14.7 Å². The van der Waals surface area contributed by atoms with E-state index < -0.39 is 11.9 Å². The topological polar surface area (TPSA) is 97.8 Å². The molecular weight excluding hydrogens is 368 g/mol. The predicted molar refractivity (Wildman–Crippen MR) is 99.1 cm³/mol. The van der Waals surface area contributed by atoms with Gasteiger partial charge in [-0.2, -0.15) is 0 Å². The van der Waals surface area contributed by atoms with Gasteiger partial charge in [-0.15, -0.1) is 11.3 Å². The lowest BCUT2D eigenvalue weighted by Gasteiger charge is -2.22. The molecule has 0 unspecified atom stereocenters. The molecule has 4 rings (SSSR count). The zero-order chi connectivity index (χ0) is 18.8. The van der Waals surface area contributed by atoms with Gasteiger partial charge in [0.25, 0.3) is 5.91 Å². The molecule has 1 aliphatic heterocycles. The summed E-state index contributed by atoms with van der Waals surface area (Å²) in [4.78, 5) is 29.0. The standard InChI is InChI=1S/C19H20N2O5S/c22-17(21-13-5-3-1-2-4-12(13)19(23)24)16-9-20-18(27-16)11-6-7-14-15(8-11)26-10-25-14/h6-9,12-13H,1-5,10H2,(H,21,22)(H,23,24)/t12-,13+/m1/s1. The minimum atomic E-state index is -0.840. The van der Waals surface area contributed by atoms with E-state index in [1.54, 1.807) is 0 Å². The second-order valence-corrected chi connectivity index (χ2v) is 7.79. The Bertz CT molecular complexity index is 866. The number of ether oxygens (including phenoxy) is 2. The molecule has 0 radical (unpaired) electrons. The Morgan fingerprint density at radius 1 is 1.15 bits per heavy atom. The third kappa shape index (κ3) is 3.75. The lowest BCUT2D eigenvalue weighted by Crippen LogP contribution is -2.42. The van der Waals surface area contributed by atoms with E-state index in [-0.39, 0.29) is 18.7 Å². The van der Waals surface area contributed by atoms with Crippen LogP contribution in [0, 0.1) is 5.92 Å². The Hall–Kier alpha value is -2.61. The third-order valence-electron chi connectivity index (χ3n) is 5.00. The zero-order valence-corrected chi connectivity index (χ0v) is 15.5. The smallest absolute Gasteiger partial charge is 0.308 e. The number of aromatic nitrogens is 1. The molecule has 2 heterocycles. The van der Waals surface area contributed by atoms with Crippen LogP contribution in [-0.2, 0) is 4.79 Å². The van der Waals surface area contributed by atoms with Crippen molar-refractivity contribution < 1.29 is 24.2 Å². The number of carboxylic acids is 1. The predicted octanol–water partition coefficient (Wildman–Crippen LogP) is 3.30. The lowest BCUT2D eigenvalue weighted by molar-refractivity contribution is -0.142. The van der Waals surface area contributed by atoms with Gasteiger partial charge in [-0.05, 0) is 31.0 Å². The first-order valence-electron chi connectivity index (χ1n) is 9.01. The number of carboxylic acid groups (broad SMARTS) is 1. The van der Waals surface area contributed by atoms with Gasteiger partial charge in [0.2, 0.25) is 6.79 Å². The number of amides is 1. The molecule has 0 saturated heterocycles. The van der Waals surface area contributed by atoms with Crippen LogP contribution < -0.4 is 14.8 Å². The highest BCUT2D eigenvalue weighted by atomic mass is 32.1. The highest BCUT2D eigenvalue weighted by Gasteiger charge is 2.31. The molecule has 0 bridgehead atoms. The van der Waals surface area contributed by atoms with Crippen LogP contribution >= 0.6 is 11.3 Å². The molecule has 2 aliphatic rings. The second-order valence-electron chi connectivity index (χ2n) is 6.76. The fraction of sp³-hybridized carbons (Fsp3) is 0.421. The first kappa shape index (κ1) is 17.8. The van der Waals surface area contributed by atoms with E-state index in [1.165, 1.54) is 17.5 Å². The molecule has 1 amide bonds. The van der Waals surface area contributed by atoms with Gasteiger partial charge in [-0.25, -0.2) is 4.98 Å². The van der Waals surface area contributed by atoms with Gasteiger partial charge < -0.3 is 19.9 Å². The van der Waals surface area contributed by atoms with Crippen LogP contribution in [0.5, 0.6) is 11.5 Å². The molecule has 2 atom stereocenters. The van der Waals surface area contributed by atoms with E-state index >= 15 is 0 Å². The van der Waals surface area contributed by atoms with Crippen LogP contribution in [0.2, 0.25) is 0 Å². The summed E-state index contributed by atoms with van der Waals surface area (Å²) in [5.74, 6) is -0.277. The number of fused-ring (bicyclic) bond motifs is 1. The number of hydrogen-bond donors (Lipinski definition) is 2. The number of nitrogens with zero attached hydrogens (tertiary/aromatic N) is 1. The number of benzene rings is 1. The van der Waals surface area contributed by atoms with Crippen molar-refractivity contribution >= 4 is 23.2 Å². The SMILES string of the molecule is O=C(N[C@H]1CCCCC[C@H]1C(=O)O)c1cnc(-c2ccc3c(c2)OCO3)s1. The summed E-state index contributed by atoms with van der Waals surface area (Å²) in [5, 5.41) is 13.1. The number of aliphatic carboxylic acids is 1. The van der Waals surface area contributed by atoms with Gasteiger partial charge >= 0.3 is 5.97 Å². The summed E-state index contributed by atoms with van der Waals surface area (Å²) >= 11 is 1.28. The van der Waals surface area contributed by atoms with E-state index in [1.807, 2.05) is 18.2 Å². The molecule has 0 spiro atoms. The van der Waals surface area contributed by atoms with Crippen molar-refractivity contribution in [2.45, 2.75) is 38.1 Å². The fourth-order valence-electron chi connectivity index (χ4n) is 3.56. The van der Waals surface area contributed by atoms with Gasteiger partial charge in [-0.1, -0.05) is 19.3 Å². The Balaban J connectivity index is 1.49. The van der Waals surface area contributed by atoms with Crippen molar-refractivity contribution in [1.82, 2.24) is 10.3 Å². The minimum Gasteiger partial charge on any atom is -0.481 e. The van der Waals surface area contributed by atoms with E-state index in [0.29, 0.717) is 34.2 Å². The van der Waals surface area contributed by atoms with E-state index in [2.05, 4.69) is 10.3 Å². The van der Waals surface area contributed by atoms with Crippen molar-refractivity contribution in [3.05, 3.63) is 29.3 Å². The zero-order valence-electron chi connectivity index (χ0n) is 14.6. The Labute approximate surface area is 160 Å². The maximum Gasteiger partial charge on any atom is 0.308 e. The van der Waals surface area contributed by atoms with Crippen LogP contribution in [0.1, 0.15) is 41.8 Å². The van der Waals surface area contributed by atoms with E-state index in [0.717, 1.165) is 24.8 Å². The summed E-state index contributed by atoms with van der Waals surface area (Å²) in [6, 6.07) is 5.20. The molecule has 1 aliphatic carbocycles. The van der Waals surface area contributed by atoms with Crippen molar-refractivity contribution in [2.75, 3.05) is 6.79 Å². The average Bonchev–Trinajstić information content (AvgIpc) is 3.27. The summed E-state index contributed by atoms with van der Waals surface area (Å²) in [6.07, 6.45) is 5.65. The largest absolute Gasteiger partial charge is 0.481 e. The summed E-state index contributed by atoms with van der Waals surface area (Å²) in [5.41, 5.74) is 0.848. The Kier molecular flexibility index (Phi) is 4.98. The van der Waals surface area contributed by atoms with Gasteiger partial charge in [0.1, 0.15) is 9.88 Å². The van der Waals surface area contributed by atoms with Crippen LogP contribution in [0.15, 0.2) is 24.4 Å². The number of rotatable bonds is 4. The Morgan fingerprint density at radius 2 is 1.96 bits per heavy atom. The molecule has 1 aromatic carbocycles. The molecule has 1 saturated carbocycles. The van der Waals surface area contributed by atoms with Gasteiger partial charge in [0.15, 0.2) is 11.5 Å². The summed E-state index contributed by atoms with van der Waals surface area (Å²) < 4.78 is 10.7. The average molecular weight is 388 g/mol. The number of hydrogen-bond acceptors (Lipinski definition) is 6. The number of nitrogens with one attached hydrogen (secondary N) is 1. The van der Waals surface area contributed by atoms with Crippen molar-refractivity contribution in [3.63, 3.8) is 0 Å². The van der Waals surface area contributed by atoms with Crippen LogP contribution in [-0.4, -0.2) is 34.8 Å². The first-order valence-corrected chi connectivity index (χ1v) is 9.83. The van der Waals surface area contributed by atoms with Gasteiger partial charge in [0, 0.05) is 11.6 Å². The third-order valence-corrected chi connectivity index (χ3v) is 6.04. The molecular formula is C19H20N2O5S. The number of thiazole rings is 1. The molecule has 8 heteroatoms. The Morgan fingerprint density at radius 3 is 2.81 bits per heavy atom. The molecule has 7 nitrogen and oxygen atoms in total.